The minimum Gasteiger partial charge on any atom is -0.332 e. The van der Waals surface area contributed by atoms with Crippen molar-refractivity contribution in [1.29, 1.82) is 0 Å². The molecule has 3 rings (SSSR count). The number of nitrogens with zero attached hydrogens (tertiary/aromatic N) is 2. The number of hydrogen-bond acceptors (Lipinski definition) is 3. The highest BCUT2D eigenvalue weighted by molar-refractivity contribution is 7.10. The molecule has 1 fully saturated rings. The second-order valence-electron chi connectivity index (χ2n) is 8.68. The summed E-state index contributed by atoms with van der Waals surface area (Å²) in [7, 11) is 0. The lowest BCUT2D eigenvalue weighted by atomic mass is 9.94. The van der Waals surface area contributed by atoms with Gasteiger partial charge in [-0.1, -0.05) is 51.1 Å². The van der Waals surface area contributed by atoms with Crippen LogP contribution in [0.3, 0.4) is 0 Å². The third-order valence-corrected chi connectivity index (χ3v) is 6.08. The van der Waals surface area contributed by atoms with Crippen molar-refractivity contribution < 1.29 is 9.59 Å². The zero-order chi connectivity index (χ0) is 20.3. The van der Waals surface area contributed by atoms with Gasteiger partial charge in [0.05, 0.1) is 6.54 Å². The molecule has 0 radical (unpaired) electrons. The molecule has 0 saturated heterocycles. The third-order valence-electron chi connectivity index (χ3n) is 5.07. The van der Waals surface area contributed by atoms with Crippen molar-refractivity contribution >= 4 is 23.2 Å². The van der Waals surface area contributed by atoms with E-state index in [-0.39, 0.29) is 24.4 Å². The van der Waals surface area contributed by atoms with Gasteiger partial charge in [0.2, 0.25) is 11.8 Å². The number of amides is 2. The highest BCUT2D eigenvalue weighted by Gasteiger charge is 2.39. The predicted octanol–water partition coefficient (Wildman–Crippen LogP) is 4.62. The highest BCUT2D eigenvalue weighted by atomic mass is 32.1. The van der Waals surface area contributed by atoms with Gasteiger partial charge in [0.25, 0.3) is 0 Å². The average molecular weight is 399 g/mol. The van der Waals surface area contributed by atoms with Gasteiger partial charge in [-0.25, -0.2) is 0 Å². The van der Waals surface area contributed by atoms with Crippen LogP contribution in [0.1, 0.15) is 49.6 Å². The molecule has 2 amide bonds. The van der Waals surface area contributed by atoms with Crippen LogP contribution < -0.4 is 0 Å². The van der Waals surface area contributed by atoms with E-state index in [1.54, 1.807) is 11.3 Å². The molecule has 0 aliphatic heterocycles. The molecule has 2 aromatic rings. The van der Waals surface area contributed by atoms with Gasteiger partial charge in [-0.2, -0.15) is 0 Å². The van der Waals surface area contributed by atoms with Crippen LogP contribution in [0.5, 0.6) is 0 Å². The number of hydrogen-bond donors (Lipinski definition) is 0. The molecular formula is C23H30N2O2S. The molecule has 4 nitrogen and oxygen atoms in total. The van der Waals surface area contributed by atoms with Gasteiger partial charge in [-0.15, -0.1) is 11.3 Å². The molecule has 1 aromatic carbocycles. The normalized spacial score (nSPS) is 14.0. The van der Waals surface area contributed by atoms with E-state index < -0.39 is 5.41 Å². The zero-order valence-electron chi connectivity index (χ0n) is 17.3. The van der Waals surface area contributed by atoms with Crippen LogP contribution in [0.2, 0.25) is 0 Å². The Labute approximate surface area is 172 Å². The van der Waals surface area contributed by atoms with Gasteiger partial charge in [-0.05, 0) is 42.3 Å². The smallest absolute Gasteiger partial charge is 0.242 e. The van der Waals surface area contributed by atoms with Crippen molar-refractivity contribution in [2.24, 2.45) is 5.41 Å². The van der Waals surface area contributed by atoms with Crippen molar-refractivity contribution in [2.45, 2.75) is 59.7 Å². The van der Waals surface area contributed by atoms with Gasteiger partial charge in [-0.3, -0.25) is 9.59 Å². The van der Waals surface area contributed by atoms with E-state index in [2.05, 4.69) is 18.4 Å². The van der Waals surface area contributed by atoms with Crippen molar-refractivity contribution in [3.05, 3.63) is 57.8 Å². The van der Waals surface area contributed by atoms with E-state index in [0.29, 0.717) is 13.1 Å². The summed E-state index contributed by atoms with van der Waals surface area (Å²) < 4.78 is 0. The number of aryl methyl sites for hydroxylation is 1. The monoisotopic (exact) mass is 398 g/mol. The fraction of sp³-hybridized carbons (Fsp3) is 0.478. The first-order chi connectivity index (χ1) is 13.3. The van der Waals surface area contributed by atoms with Crippen LogP contribution in [-0.2, 0) is 22.7 Å². The Bertz CT molecular complexity index is 819. The summed E-state index contributed by atoms with van der Waals surface area (Å²) in [6.45, 7) is 9.15. The standard InChI is InChI=1S/C23H30N2O2S/c1-17-12-13-28-20(17)15-24(14-18-8-6-5-7-9-18)21(26)16-25(19-10-11-19)22(27)23(2,3)4/h5-9,12-13,19H,10-11,14-16H2,1-4H3. The maximum absolute atomic E-state index is 13.3. The first kappa shape index (κ1) is 20.6. The number of carbonyl (C=O) groups is 2. The molecule has 28 heavy (non-hydrogen) atoms. The topological polar surface area (TPSA) is 40.6 Å². The zero-order valence-corrected chi connectivity index (χ0v) is 18.1. The van der Waals surface area contributed by atoms with Gasteiger partial charge in [0, 0.05) is 22.9 Å². The molecule has 0 bridgehead atoms. The Morgan fingerprint density at radius 2 is 1.75 bits per heavy atom. The van der Waals surface area contributed by atoms with Gasteiger partial charge >= 0.3 is 0 Å². The van der Waals surface area contributed by atoms with Gasteiger partial charge in [0.15, 0.2) is 0 Å². The average Bonchev–Trinajstić information content (AvgIpc) is 3.41. The summed E-state index contributed by atoms with van der Waals surface area (Å²) in [5.41, 5.74) is 1.84. The summed E-state index contributed by atoms with van der Waals surface area (Å²) in [6.07, 6.45) is 2.00. The van der Waals surface area contributed by atoms with Crippen molar-refractivity contribution in [3.63, 3.8) is 0 Å². The van der Waals surface area contributed by atoms with Crippen LogP contribution in [0.4, 0.5) is 0 Å². The minimum absolute atomic E-state index is 0.0150. The molecule has 1 saturated carbocycles. The van der Waals surface area contributed by atoms with E-state index in [9.17, 15) is 9.59 Å². The van der Waals surface area contributed by atoms with E-state index in [4.69, 9.17) is 0 Å². The molecule has 0 atom stereocenters. The summed E-state index contributed by atoms with van der Waals surface area (Å²) in [6, 6.07) is 12.4. The van der Waals surface area contributed by atoms with Crippen LogP contribution in [0.15, 0.2) is 41.8 Å². The van der Waals surface area contributed by atoms with E-state index in [1.165, 1.54) is 10.4 Å². The maximum atomic E-state index is 13.3. The van der Waals surface area contributed by atoms with E-state index in [1.807, 2.05) is 60.9 Å². The van der Waals surface area contributed by atoms with E-state index in [0.717, 1.165) is 18.4 Å². The maximum Gasteiger partial charge on any atom is 0.242 e. The lowest BCUT2D eigenvalue weighted by Crippen LogP contribution is -2.47. The molecule has 150 valence electrons. The summed E-state index contributed by atoms with van der Waals surface area (Å²) in [4.78, 5) is 31.1. The number of benzene rings is 1. The summed E-state index contributed by atoms with van der Waals surface area (Å²) in [5.74, 6) is 0.0801. The van der Waals surface area contributed by atoms with Crippen molar-refractivity contribution in [2.75, 3.05) is 6.54 Å². The highest BCUT2D eigenvalue weighted by Crippen LogP contribution is 2.31. The summed E-state index contributed by atoms with van der Waals surface area (Å²) >= 11 is 1.68. The fourth-order valence-corrected chi connectivity index (χ4v) is 4.13. The fourth-order valence-electron chi connectivity index (χ4n) is 3.20. The molecule has 1 aliphatic carbocycles. The van der Waals surface area contributed by atoms with Crippen molar-refractivity contribution in [3.8, 4) is 0 Å². The van der Waals surface area contributed by atoms with Crippen LogP contribution in [0, 0.1) is 12.3 Å². The first-order valence-corrected chi connectivity index (χ1v) is 10.8. The molecule has 0 unspecified atom stereocenters. The molecule has 5 heteroatoms. The number of carbonyl (C=O) groups excluding carboxylic acids is 2. The predicted molar refractivity (Wildman–Crippen MR) is 114 cm³/mol. The molecule has 0 spiro atoms. The molecule has 0 N–H and O–H groups in total. The Balaban J connectivity index is 1.78. The Hall–Kier alpha value is -2.14. The number of rotatable bonds is 7. The second kappa shape index (κ2) is 8.48. The van der Waals surface area contributed by atoms with Crippen LogP contribution in [0.25, 0.3) is 0 Å². The van der Waals surface area contributed by atoms with Gasteiger partial charge < -0.3 is 9.80 Å². The van der Waals surface area contributed by atoms with E-state index >= 15 is 0 Å². The number of thiophene rings is 1. The Morgan fingerprint density at radius 3 is 2.29 bits per heavy atom. The molecule has 1 aromatic heterocycles. The lowest BCUT2D eigenvalue weighted by Gasteiger charge is -2.31. The Kier molecular flexibility index (Phi) is 6.23. The molecular weight excluding hydrogens is 368 g/mol. The molecule has 1 heterocycles. The first-order valence-electron chi connectivity index (χ1n) is 9.91. The minimum atomic E-state index is -0.475. The second-order valence-corrected chi connectivity index (χ2v) is 9.68. The lowest BCUT2D eigenvalue weighted by molar-refractivity contribution is -0.146. The van der Waals surface area contributed by atoms with Crippen molar-refractivity contribution in [1.82, 2.24) is 9.80 Å². The Morgan fingerprint density at radius 1 is 1.07 bits per heavy atom. The summed E-state index contributed by atoms with van der Waals surface area (Å²) in [5, 5.41) is 2.06. The van der Waals surface area contributed by atoms with Crippen LogP contribution >= 0.6 is 11.3 Å². The van der Waals surface area contributed by atoms with Crippen LogP contribution in [-0.4, -0.2) is 34.2 Å². The van der Waals surface area contributed by atoms with Gasteiger partial charge in [0.1, 0.15) is 6.54 Å². The quantitative estimate of drug-likeness (QED) is 0.683. The SMILES string of the molecule is Cc1ccsc1CN(Cc1ccccc1)C(=O)CN(C(=O)C(C)(C)C)C1CC1. The molecule has 1 aliphatic rings. The third kappa shape index (κ3) is 5.22. The largest absolute Gasteiger partial charge is 0.332 e.